The average Bonchev–Trinajstić information content (AvgIpc) is 3.18. The molecule has 0 spiro atoms. The van der Waals surface area contributed by atoms with E-state index in [-0.39, 0.29) is 22.8 Å². The third-order valence-electron chi connectivity index (χ3n) is 4.31. The van der Waals surface area contributed by atoms with Crippen molar-refractivity contribution in [2.45, 2.75) is 4.90 Å². The van der Waals surface area contributed by atoms with Crippen molar-refractivity contribution in [2.24, 2.45) is 0 Å². The minimum Gasteiger partial charge on any atom is -0.507 e. The molecule has 0 saturated carbocycles. The Morgan fingerprint density at radius 1 is 0.935 bits per heavy atom. The molecule has 0 fully saturated rings. The molecule has 3 aromatic carbocycles. The highest BCUT2D eigenvalue weighted by Crippen LogP contribution is 2.41. The zero-order valence-corrected chi connectivity index (χ0v) is 17.4. The second-order valence-electron chi connectivity index (χ2n) is 6.44. The number of aromatic amines is 1. The summed E-state index contributed by atoms with van der Waals surface area (Å²) in [6.45, 7) is 0. The van der Waals surface area contributed by atoms with Crippen LogP contribution in [0.5, 0.6) is 23.0 Å². The van der Waals surface area contributed by atoms with Crippen molar-refractivity contribution in [3.05, 3.63) is 77.9 Å². The fourth-order valence-electron chi connectivity index (χ4n) is 2.87. The summed E-state index contributed by atoms with van der Waals surface area (Å²) in [7, 11) is -4.16. The van der Waals surface area contributed by atoms with E-state index in [2.05, 4.69) is 14.9 Å². The van der Waals surface area contributed by atoms with Crippen LogP contribution >= 0.6 is 11.6 Å². The molecule has 0 bridgehead atoms. The molecule has 0 aliphatic carbocycles. The molecule has 0 amide bonds. The predicted molar refractivity (Wildman–Crippen MR) is 116 cm³/mol. The summed E-state index contributed by atoms with van der Waals surface area (Å²) in [4.78, 5) is -0.434. The standard InChI is InChI=1S/C21H16ClN3O5S/c22-15-8-4-5-9-18(15)30-19-12-23-24-21(19)14-10-20(17(27)11-16(14)26)31(28,29)25-13-6-2-1-3-7-13/h1-12,25-27H,(H,23,24). The number of benzene rings is 3. The van der Waals surface area contributed by atoms with Crippen molar-refractivity contribution < 1.29 is 23.4 Å². The number of hydrogen-bond donors (Lipinski definition) is 4. The summed E-state index contributed by atoms with van der Waals surface area (Å²) in [5, 5.41) is 27.6. The number of ether oxygens (including phenoxy) is 1. The lowest BCUT2D eigenvalue weighted by Crippen LogP contribution is -2.13. The second-order valence-corrected chi connectivity index (χ2v) is 8.50. The monoisotopic (exact) mass is 457 g/mol. The van der Waals surface area contributed by atoms with Gasteiger partial charge >= 0.3 is 0 Å². The lowest BCUT2D eigenvalue weighted by atomic mass is 10.1. The Hall–Kier alpha value is -3.69. The van der Waals surface area contributed by atoms with Gasteiger partial charge in [-0.1, -0.05) is 41.9 Å². The normalized spacial score (nSPS) is 11.3. The Bertz CT molecular complexity index is 1340. The first-order chi connectivity index (χ1) is 14.8. The van der Waals surface area contributed by atoms with Gasteiger partial charge in [0.25, 0.3) is 10.0 Å². The van der Waals surface area contributed by atoms with Gasteiger partial charge in [-0.25, -0.2) is 8.42 Å². The van der Waals surface area contributed by atoms with Crippen LogP contribution in [0.15, 0.2) is 77.8 Å². The zero-order valence-electron chi connectivity index (χ0n) is 15.8. The molecule has 0 aliphatic rings. The maximum absolute atomic E-state index is 12.8. The highest BCUT2D eigenvalue weighted by atomic mass is 35.5. The molecule has 158 valence electrons. The number of sulfonamides is 1. The Balaban J connectivity index is 1.75. The number of aromatic nitrogens is 2. The van der Waals surface area contributed by atoms with Crippen LogP contribution in [0.4, 0.5) is 5.69 Å². The van der Waals surface area contributed by atoms with Crippen molar-refractivity contribution in [1.29, 1.82) is 0 Å². The largest absolute Gasteiger partial charge is 0.507 e. The van der Waals surface area contributed by atoms with Crippen molar-refractivity contribution in [3.8, 4) is 34.3 Å². The predicted octanol–water partition coefficient (Wildman–Crippen LogP) is 4.73. The fourth-order valence-corrected chi connectivity index (χ4v) is 4.21. The van der Waals surface area contributed by atoms with E-state index in [0.29, 0.717) is 16.5 Å². The van der Waals surface area contributed by atoms with Crippen LogP contribution in [0.25, 0.3) is 11.3 Å². The van der Waals surface area contributed by atoms with Gasteiger partial charge in [0.15, 0.2) is 5.75 Å². The van der Waals surface area contributed by atoms with Gasteiger partial charge in [0.1, 0.15) is 27.8 Å². The number of anilines is 1. The molecule has 0 atom stereocenters. The van der Waals surface area contributed by atoms with E-state index in [1.165, 1.54) is 6.20 Å². The highest BCUT2D eigenvalue weighted by molar-refractivity contribution is 7.92. The molecule has 1 aromatic heterocycles. The minimum absolute atomic E-state index is 0.0366. The van der Waals surface area contributed by atoms with Gasteiger partial charge < -0.3 is 14.9 Å². The molecule has 0 saturated heterocycles. The summed E-state index contributed by atoms with van der Waals surface area (Å²) in [6, 6.07) is 17.0. The zero-order chi connectivity index (χ0) is 22.0. The number of rotatable bonds is 6. The lowest BCUT2D eigenvalue weighted by Gasteiger charge is -2.13. The van der Waals surface area contributed by atoms with Crippen LogP contribution in [-0.2, 0) is 10.0 Å². The molecule has 0 unspecified atom stereocenters. The quantitative estimate of drug-likeness (QED) is 0.331. The van der Waals surface area contributed by atoms with Gasteiger partial charge in [0.05, 0.1) is 11.2 Å². The molecule has 4 rings (SSSR count). The average molecular weight is 458 g/mol. The van der Waals surface area contributed by atoms with Gasteiger partial charge in [-0.15, -0.1) is 0 Å². The number of nitrogens with one attached hydrogen (secondary N) is 2. The van der Waals surface area contributed by atoms with Crippen molar-refractivity contribution in [2.75, 3.05) is 4.72 Å². The van der Waals surface area contributed by atoms with Crippen LogP contribution < -0.4 is 9.46 Å². The number of halogens is 1. The fraction of sp³-hybridized carbons (Fsp3) is 0. The maximum Gasteiger partial charge on any atom is 0.265 e. The number of phenols is 2. The Kier molecular flexibility index (Phi) is 5.45. The molecule has 4 N–H and O–H groups in total. The van der Waals surface area contributed by atoms with Crippen LogP contribution in [-0.4, -0.2) is 28.8 Å². The van der Waals surface area contributed by atoms with E-state index in [9.17, 15) is 18.6 Å². The molecular formula is C21H16ClN3O5S. The van der Waals surface area contributed by atoms with Gasteiger partial charge in [0, 0.05) is 17.3 Å². The van der Waals surface area contributed by atoms with Crippen LogP contribution in [0.2, 0.25) is 5.02 Å². The van der Waals surface area contributed by atoms with E-state index < -0.39 is 20.7 Å². The summed E-state index contributed by atoms with van der Waals surface area (Å²) >= 11 is 6.13. The van der Waals surface area contributed by atoms with E-state index in [4.69, 9.17) is 16.3 Å². The summed E-state index contributed by atoms with van der Waals surface area (Å²) in [5.74, 6) is -0.446. The molecule has 31 heavy (non-hydrogen) atoms. The first-order valence-corrected chi connectivity index (χ1v) is 10.8. The lowest BCUT2D eigenvalue weighted by molar-refractivity contribution is 0.440. The van der Waals surface area contributed by atoms with Crippen molar-refractivity contribution in [3.63, 3.8) is 0 Å². The van der Waals surface area contributed by atoms with Crippen LogP contribution in [0, 0.1) is 0 Å². The van der Waals surface area contributed by atoms with E-state index >= 15 is 0 Å². The maximum atomic E-state index is 12.8. The number of H-pyrrole nitrogens is 1. The SMILES string of the molecule is O=S(=O)(Nc1ccccc1)c1cc(-c2n[nH]cc2Oc2ccccc2Cl)c(O)cc1O. The Morgan fingerprint density at radius 2 is 1.65 bits per heavy atom. The number of phenolic OH excluding ortho intramolecular Hbond substituents is 2. The number of aromatic hydroxyl groups is 2. The summed E-state index contributed by atoms with van der Waals surface area (Å²) < 4.78 is 33.9. The number of nitrogens with zero attached hydrogens (tertiary/aromatic N) is 1. The first kappa shape index (κ1) is 20.6. The van der Waals surface area contributed by atoms with E-state index in [1.807, 2.05) is 0 Å². The van der Waals surface area contributed by atoms with Crippen LogP contribution in [0.3, 0.4) is 0 Å². The smallest absolute Gasteiger partial charge is 0.265 e. The Labute approximate surface area is 182 Å². The molecule has 10 heteroatoms. The van der Waals surface area contributed by atoms with E-state index in [1.54, 1.807) is 54.6 Å². The van der Waals surface area contributed by atoms with Gasteiger partial charge in [-0.2, -0.15) is 5.10 Å². The van der Waals surface area contributed by atoms with Gasteiger partial charge in [-0.3, -0.25) is 9.82 Å². The Morgan fingerprint density at radius 3 is 2.39 bits per heavy atom. The molecule has 1 heterocycles. The van der Waals surface area contributed by atoms with E-state index in [0.717, 1.165) is 12.1 Å². The highest BCUT2D eigenvalue weighted by Gasteiger charge is 2.24. The molecule has 0 aliphatic heterocycles. The van der Waals surface area contributed by atoms with Gasteiger partial charge in [-0.05, 0) is 30.3 Å². The van der Waals surface area contributed by atoms with Crippen molar-refractivity contribution in [1.82, 2.24) is 10.2 Å². The number of para-hydroxylation sites is 2. The third-order valence-corrected chi connectivity index (χ3v) is 6.03. The summed E-state index contributed by atoms with van der Waals surface area (Å²) in [6.07, 6.45) is 1.43. The topological polar surface area (TPSA) is 125 Å². The molecule has 4 aromatic rings. The minimum atomic E-state index is -4.16. The first-order valence-electron chi connectivity index (χ1n) is 8.95. The summed E-state index contributed by atoms with van der Waals surface area (Å²) in [5.41, 5.74) is 0.488. The number of hydrogen-bond acceptors (Lipinski definition) is 6. The molecular weight excluding hydrogens is 442 g/mol. The molecule has 0 radical (unpaired) electrons. The second kappa shape index (κ2) is 8.21. The van der Waals surface area contributed by atoms with Gasteiger partial charge in [0.2, 0.25) is 0 Å². The molecule has 8 nitrogen and oxygen atoms in total. The van der Waals surface area contributed by atoms with Crippen LogP contribution in [0.1, 0.15) is 0 Å². The third kappa shape index (κ3) is 4.27. The van der Waals surface area contributed by atoms with Crippen molar-refractivity contribution >= 4 is 27.3 Å².